The zero-order chi connectivity index (χ0) is 15.5. The van der Waals surface area contributed by atoms with Crippen molar-refractivity contribution < 1.29 is 14.7 Å². The summed E-state index contributed by atoms with van der Waals surface area (Å²) < 4.78 is 0. The van der Waals surface area contributed by atoms with Crippen LogP contribution in [0, 0.1) is 5.41 Å². The Kier molecular flexibility index (Phi) is 5.42. The van der Waals surface area contributed by atoms with Crippen LogP contribution >= 0.6 is 0 Å². The van der Waals surface area contributed by atoms with Crippen LogP contribution in [-0.2, 0) is 4.79 Å². The van der Waals surface area contributed by atoms with Crippen molar-refractivity contribution in [3.8, 4) is 0 Å². The SMILES string of the molecule is CCC(CC)N(C)C(=O)N1CCCC(C)(C)C1C(=O)O. The first-order valence-corrected chi connectivity index (χ1v) is 7.52. The van der Waals surface area contributed by atoms with Gasteiger partial charge in [0.05, 0.1) is 0 Å². The molecule has 1 heterocycles. The largest absolute Gasteiger partial charge is 0.480 e. The highest BCUT2D eigenvalue weighted by Gasteiger charge is 2.45. The van der Waals surface area contributed by atoms with Gasteiger partial charge in [-0.05, 0) is 31.1 Å². The molecule has 0 bridgehead atoms. The monoisotopic (exact) mass is 284 g/mol. The Labute approximate surface area is 121 Å². The van der Waals surface area contributed by atoms with E-state index >= 15 is 0 Å². The first-order chi connectivity index (χ1) is 9.26. The lowest BCUT2D eigenvalue weighted by molar-refractivity contribution is -0.148. The van der Waals surface area contributed by atoms with Crippen LogP contribution in [0.3, 0.4) is 0 Å². The highest BCUT2D eigenvalue weighted by molar-refractivity contribution is 5.83. The van der Waals surface area contributed by atoms with E-state index in [9.17, 15) is 14.7 Å². The summed E-state index contributed by atoms with van der Waals surface area (Å²) in [6.07, 6.45) is 3.46. The lowest BCUT2D eigenvalue weighted by atomic mass is 9.76. The summed E-state index contributed by atoms with van der Waals surface area (Å²) in [7, 11) is 1.78. The topological polar surface area (TPSA) is 60.9 Å². The average Bonchev–Trinajstić information content (AvgIpc) is 2.37. The highest BCUT2D eigenvalue weighted by atomic mass is 16.4. The molecule has 116 valence electrons. The van der Waals surface area contributed by atoms with Crippen molar-refractivity contribution in [2.24, 2.45) is 5.41 Å². The fourth-order valence-corrected chi connectivity index (χ4v) is 3.26. The molecular formula is C15H28N2O3. The van der Waals surface area contributed by atoms with Crippen LogP contribution in [0.15, 0.2) is 0 Å². The number of carboxylic acid groups (broad SMARTS) is 1. The van der Waals surface area contributed by atoms with Crippen LogP contribution in [0.5, 0.6) is 0 Å². The molecular weight excluding hydrogens is 256 g/mol. The number of carbonyl (C=O) groups excluding carboxylic acids is 1. The Balaban J connectivity index is 2.97. The van der Waals surface area contributed by atoms with Crippen LogP contribution in [0.2, 0.25) is 0 Å². The molecule has 1 fully saturated rings. The van der Waals surface area contributed by atoms with E-state index < -0.39 is 12.0 Å². The molecule has 2 amide bonds. The Morgan fingerprint density at radius 3 is 2.35 bits per heavy atom. The molecule has 1 atom stereocenters. The maximum atomic E-state index is 12.6. The second-order valence-electron chi connectivity index (χ2n) is 6.39. The zero-order valence-corrected chi connectivity index (χ0v) is 13.3. The lowest BCUT2D eigenvalue weighted by Gasteiger charge is -2.45. The van der Waals surface area contributed by atoms with E-state index in [1.54, 1.807) is 16.8 Å². The molecule has 1 saturated heterocycles. The number of hydrogen-bond acceptors (Lipinski definition) is 2. The predicted molar refractivity (Wildman–Crippen MR) is 78.7 cm³/mol. The first-order valence-electron chi connectivity index (χ1n) is 7.52. The molecule has 20 heavy (non-hydrogen) atoms. The van der Waals surface area contributed by atoms with Gasteiger partial charge in [-0.1, -0.05) is 27.7 Å². The fourth-order valence-electron chi connectivity index (χ4n) is 3.26. The van der Waals surface area contributed by atoms with Gasteiger partial charge in [0.2, 0.25) is 0 Å². The van der Waals surface area contributed by atoms with Gasteiger partial charge in [-0.15, -0.1) is 0 Å². The predicted octanol–water partition coefficient (Wildman–Crippen LogP) is 2.80. The minimum atomic E-state index is -0.902. The number of urea groups is 1. The molecule has 0 saturated carbocycles. The van der Waals surface area contributed by atoms with Crippen molar-refractivity contribution >= 4 is 12.0 Å². The van der Waals surface area contributed by atoms with Crippen LogP contribution in [0.4, 0.5) is 4.79 Å². The molecule has 0 aromatic heterocycles. The average molecular weight is 284 g/mol. The number of carbonyl (C=O) groups is 2. The molecule has 5 heteroatoms. The number of nitrogens with zero attached hydrogens (tertiary/aromatic N) is 2. The number of piperidine rings is 1. The van der Waals surface area contributed by atoms with Crippen molar-refractivity contribution in [3.63, 3.8) is 0 Å². The van der Waals surface area contributed by atoms with E-state index in [1.165, 1.54) is 0 Å². The smallest absolute Gasteiger partial charge is 0.327 e. The quantitative estimate of drug-likeness (QED) is 0.863. The van der Waals surface area contributed by atoms with Crippen LogP contribution in [0.25, 0.3) is 0 Å². The molecule has 5 nitrogen and oxygen atoms in total. The van der Waals surface area contributed by atoms with E-state index in [-0.39, 0.29) is 17.5 Å². The Hall–Kier alpha value is -1.26. The summed E-state index contributed by atoms with van der Waals surface area (Å²) in [5.41, 5.74) is -0.380. The van der Waals surface area contributed by atoms with Gasteiger partial charge in [0.1, 0.15) is 6.04 Å². The summed E-state index contributed by atoms with van der Waals surface area (Å²) >= 11 is 0. The van der Waals surface area contributed by atoms with Crippen molar-refractivity contribution in [3.05, 3.63) is 0 Å². The second-order valence-corrected chi connectivity index (χ2v) is 6.39. The first kappa shape index (κ1) is 16.8. The molecule has 1 rings (SSSR count). The lowest BCUT2D eigenvalue weighted by Crippen LogP contribution is -2.59. The maximum absolute atomic E-state index is 12.6. The van der Waals surface area contributed by atoms with Gasteiger partial charge in [-0.3, -0.25) is 0 Å². The van der Waals surface area contributed by atoms with Crippen LogP contribution in [0.1, 0.15) is 53.4 Å². The van der Waals surface area contributed by atoms with Crippen LogP contribution in [-0.4, -0.2) is 52.6 Å². The van der Waals surface area contributed by atoms with E-state index in [0.29, 0.717) is 6.54 Å². The standard InChI is InChI=1S/C15H28N2O3/c1-6-11(7-2)16(5)14(20)17-10-8-9-15(3,4)12(17)13(18)19/h11-12H,6-10H2,1-5H3,(H,18,19). The summed E-state index contributed by atoms with van der Waals surface area (Å²) in [6.45, 7) is 8.49. The third kappa shape index (κ3) is 3.25. The minimum absolute atomic E-state index is 0.154. The van der Waals surface area contributed by atoms with E-state index in [1.807, 2.05) is 27.7 Å². The number of amides is 2. The van der Waals surface area contributed by atoms with Crippen molar-refractivity contribution in [2.45, 2.75) is 65.5 Å². The number of carboxylic acids is 1. The molecule has 0 aromatic rings. The third-order valence-electron chi connectivity index (χ3n) is 4.54. The van der Waals surface area contributed by atoms with E-state index in [0.717, 1.165) is 25.7 Å². The molecule has 1 aliphatic heterocycles. The number of aliphatic carboxylic acids is 1. The number of rotatable bonds is 4. The number of hydrogen-bond donors (Lipinski definition) is 1. The van der Waals surface area contributed by atoms with Crippen molar-refractivity contribution in [1.82, 2.24) is 9.80 Å². The maximum Gasteiger partial charge on any atom is 0.327 e. The molecule has 0 aliphatic carbocycles. The van der Waals surface area contributed by atoms with Gasteiger partial charge in [0, 0.05) is 19.6 Å². The summed E-state index contributed by atoms with van der Waals surface area (Å²) in [5.74, 6) is -0.902. The molecule has 1 unspecified atom stereocenters. The van der Waals surface area contributed by atoms with Gasteiger partial charge in [0.25, 0.3) is 0 Å². The molecule has 0 aromatic carbocycles. The Morgan fingerprint density at radius 2 is 1.90 bits per heavy atom. The Bertz CT molecular complexity index is 364. The van der Waals surface area contributed by atoms with Gasteiger partial charge < -0.3 is 14.9 Å². The van der Waals surface area contributed by atoms with Gasteiger partial charge in [-0.2, -0.15) is 0 Å². The molecule has 1 N–H and O–H groups in total. The minimum Gasteiger partial charge on any atom is -0.480 e. The third-order valence-corrected chi connectivity index (χ3v) is 4.54. The fraction of sp³-hybridized carbons (Fsp3) is 0.867. The van der Waals surface area contributed by atoms with Gasteiger partial charge in [0.15, 0.2) is 0 Å². The summed E-state index contributed by atoms with van der Waals surface area (Å²) in [4.78, 5) is 27.5. The van der Waals surface area contributed by atoms with E-state index in [4.69, 9.17) is 0 Å². The highest BCUT2D eigenvalue weighted by Crippen LogP contribution is 2.36. The zero-order valence-electron chi connectivity index (χ0n) is 13.3. The van der Waals surface area contributed by atoms with Gasteiger partial charge >= 0.3 is 12.0 Å². The summed E-state index contributed by atoms with van der Waals surface area (Å²) in [6, 6.07) is -0.721. The second kappa shape index (κ2) is 6.46. The molecule has 0 spiro atoms. The van der Waals surface area contributed by atoms with Gasteiger partial charge in [-0.25, -0.2) is 9.59 Å². The van der Waals surface area contributed by atoms with Crippen molar-refractivity contribution in [1.29, 1.82) is 0 Å². The molecule has 1 aliphatic rings. The number of likely N-dealkylation sites (tertiary alicyclic amines) is 1. The summed E-state index contributed by atoms with van der Waals surface area (Å²) in [5, 5.41) is 9.52. The van der Waals surface area contributed by atoms with E-state index in [2.05, 4.69) is 0 Å². The van der Waals surface area contributed by atoms with Crippen molar-refractivity contribution in [2.75, 3.05) is 13.6 Å². The Morgan fingerprint density at radius 1 is 1.35 bits per heavy atom. The molecule has 0 radical (unpaired) electrons. The normalized spacial score (nSPS) is 21.9. The van der Waals surface area contributed by atoms with Crippen LogP contribution < -0.4 is 0 Å².